The molecule has 4 unspecified atom stereocenters. The first-order valence-electron chi connectivity index (χ1n) is 6.03. The minimum atomic E-state index is -0.889. The molecule has 0 heterocycles. The Labute approximate surface area is 102 Å². The third kappa shape index (κ3) is 3.07. The van der Waals surface area contributed by atoms with Crippen LogP contribution in [0.3, 0.4) is 0 Å². The number of carbonyl (C=O) groups excluding carboxylic acids is 1. The fourth-order valence-electron chi connectivity index (χ4n) is 2.19. The lowest BCUT2D eigenvalue weighted by Crippen LogP contribution is -2.41. The monoisotopic (exact) mass is 242 g/mol. The Kier molecular flexibility index (Phi) is 4.71. The molecule has 17 heavy (non-hydrogen) atoms. The predicted molar refractivity (Wildman–Crippen MR) is 64.2 cm³/mol. The molecule has 1 rings (SSSR count). The summed E-state index contributed by atoms with van der Waals surface area (Å²) in [5.74, 6) is -0.0561. The molecule has 0 aromatic rings. The van der Waals surface area contributed by atoms with Crippen LogP contribution in [0, 0.1) is 17.8 Å². The highest BCUT2D eigenvalue weighted by Gasteiger charge is 2.36. The number of methoxy groups -OCH3 is 1. The number of hydrogen-bond acceptors (Lipinski definition) is 4. The zero-order valence-electron chi connectivity index (χ0n) is 10.9. The summed E-state index contributed by atoms with van der Waals surface area (Å²) in [4.78, 5) is 11.5. The summed E-state index contributed by atoms with van der Waals surface area (Å²) in [5, 5.41) is 19.8. The Morgan fingerprint density at radius 3 is 2.47 bits per heavy atom. The lowest BCUT2D eigenvalue weighted by atomic mass is 9.75. The van der Waals surface area contributed by atoms with Crippen molar-refractivity contribution in [2.45, 2.75) is 39.4 Å². The van der Waals surface area contributed by atoms with E-state index >= 15 is 0 Å². The number of rotatable bonds is 3. The Hall–Kier alpha value is -0.870. The van der Waals surface area contributed by atoms with E-state index in [1.165, 1.54) is 7.11 Å². The molecule has 2 N–H and O–H groups in total. The van der Waals surface area contributed by atoms with E-state index in [-0.39, 0.29) is 18.3 Å². The molecule has 0 saturated carbocycles. The number of hydrogen-bond donors (Lipinski definition) is 2. The maximum absolute atomic E-state index is 11.5. The fraction of sp³-hybridized carbons (Fsp3) is 0.769. The van der Waals surface area contributed by atoms with Gasteiger partial charge in [-0.15, -0.1) is 0 Å². The normalized spacial score (nSPS) is 31.0. The first-order chi connectivity index (χ1) is 7.88. The van der Waals surface area contributed by atoms with Crippen molar-refractivity contribution in [3.05, 3.63) is 11.6 Å². The average Bonchev–Trinajstić information content (AvgIpc) is 2.30. The molecule has 0 spiro atoms. The largest absolute Gasteiger partial charge is 0.466 e. The zero-order chi connectivity index (χ0) is 13.2. The van der Waals surface area contributed by atoms with E-state index in [1.807, 2.05) is 6.92 Å². The van der Waals surface area contributed by atoms with Gasteiger partial charge in [0.25, 0.3) is 0 Å². The van der Waals surface area contributed by atoms with Crippen molar-refractivity contribution in [2.75, 3.05) is 7.11 Å². The van der Waals surface area contributed by atoms with Gasteiger partial charge in [0.2, 0.25) is 0 Å². The highest BCUT2D eigenvalue weighted by atomic mass is 16.5. The molecular formula is C13H22O4. The van der Waals surface area contributed by atoms with Gasteiger partial charge in [-0.05, 0) is 11.8 Å². The number of esters is 1. The van der Waals surface area contributed by atoms with Crippen molar-refractivity contribution in [3.63, 3.8) is 0 Å². The molecule has 0 radical (unpaired) electrons. The van der Waals surface area contributed by atoms with Gasteiger partial charge in [0.15, 0.2) is 0 Å². The van der Waals surface area contributed by atoms with Crippen LogP contribution in [-0.2, 0) is 9.53 Å². The van der Waals surface area contributed by atoms with Crippen LogP contribution in [0.5, 0.6) is 0 Å². The molecule has 4 atom stereocenters. The van der Waals surface area contributed by atoms with E-state index < -0.39 is 18.2 Å². The lowest BCUT2D eigenvalue weighted by molar-refractivity contribution is -0.137. The van der Waals surface area contributed by atoms with Crippen LogP contribution in [0.1, 0.15) is 27.2 Å². The van der Waals surface area contributed by atoms with Crippen LogP contribution in [0.2, 0.25) is 0 Å². The van der Waals surface area contributed by atoms with Crippen molar-refractivity contribution in [1.82, 2.24) is 0 Å². The highest BCUT2D eigenvalue weighted by Crippen LogP contribution is 2.33. The van der Waals surface area contributed by atoms with E-state index in [2.05, 4.69) is 18.6 Å². The Balaban J connectivity index is 2.96. The molecule has 0 aromatic carbocycles. The average molecular weight is 242 g/mol. The molecule has 1 aliphatic carbocycles. The van der Waals surface area contributed by atoms with Gasteiger partial charge in [-0.25, -0.2) is 4.79 Å². The van der Waals surface area contributed by atoms with E-state index in [0.29, 0.717) is 11.5 Å². The molecule has 98 valence electrons. The second-order valence-electron chi connectivity index (χ2n) is 5.13. The minimum absolute atomic E-state index is 0.162. The third-order valence-electron chi connectivity index (χ3n) is 3.72. The van der Waals surface area contributed by atoms with Gasteiger partial charge < -0.3 is 14.9 Å². The summed E-state index contributed by atoms with van der Waals surface area (Å²) in [6.45, 7) is 6.13. The van der Waals surface area contributed by atoms with Crippen molar-refractivity contribution >= 4 is 5.97 Å². The van der Waals surface area contributed by atoms with Gasteiger partial charge in [-0.1, -0.05) is 26.8 Å². The quantitative estimate of drug-likeness (QED) is 0.728. The van der Waals surface area contributed by atoms with Crippen LogP contribution < -0.4 is 0 Å². The van der Waals surface area contributed by atoms with Crippen molar-refractivity contribution in [3.8, 4) is 0 Å². The summed E-state index contributed by atoms with van der Waals surface area (Å²) >= 11 is 0. The molecule has 0 saturated heterocycles. The molecular weight excluding hydrogens is 220 g/mol. The van der Waals surface area contributed by atoms with E-state index in [0.717, 1.165) is 0 Å². The van der Waals surface area contributed by atoms with Crippen molar-refractivity contribution in [1.29, 1.82) is 0 Å². The Morgan fingerprint density at radius 1 is 1.41 bits per heavy atom. The number of aliphatic hydroxyl groups excluding tert-OH is 2. The van der Waals surface area contributed by atoms with Crippen LogP contribution in [0.4, 0.5) is 0 Å². The van der Waals surface area contributed by atoms with Crippen molar-refractivity contribution in [2.24, 2.45) is 17.8 Å². The number of carbonyl (C=O) groups is 1. The highest BCUT2D eigenvalue weighted by molar-refractivity contribution is 5.88. The predicted octanol–water partition coefficient (Wildman–Crippen LogP) is 1.12. The van der Waals surface area contributed by atoms with Crippen LogP contribution >= 0.6 is 0 Å². The van der Waals surface area contributed by atoms with Crippen LogP contribution in [0.25, 0.3) is 0 Å². The van der Waals surface area contributed by atoms with E-state index in [1.54, 1.807) is 6.08 Å². The van der Waals surface area contributed by atoms with Gasteiger partial charge in [0, 0.05) is 17.9 Å². The topological polar surface area (TPSA) is 66.8 Å². The Morgan fingerprint density at radius 2 is 2.00 bits per heavy atom. The van der Waals surface area contributed by atoms with Gasteiger partial charge in [0.05, 0.1) is 19.3 Å². The first kappa shape index (κ1) is 14.2. The van der Waals surface area contributed by atoms with Gasteiger partial charge >= 0.3 is 5.97 Å². The van der Waals surface area contributed by atoms with Gasteiger partial charge in [-0.2, -0.15) is 0 Å². The summed E-state index contributed by atoms with van der Waals surface area (Å²) < 4.78 is 4.66. The molecule has 4 heteroatoms. The molecule has 1 aliphatic rings. The Bertz CT molecular complexity index is 309. The zero-order valence-corrected chi connectivity index (χ0v) is 10.9. The SMILES string of the molecule is COC(=O)C1=CC(C(C)C(C)C)C(O)C(O)C1. The molecule has 0 bridgehead atoms. The number of aliphatic hydroxyl groups is 2. The maximum atomic E-state index is 11.5. The summed E-state index contributed by atoms with van der Waals surface area (Å²) in [5.41, 5.74) is 0.461. The van der Waals surface area contributed by atoms with Crippen LogP contribution in [-0.4, -0.2) is 35.5 Å². The molecule has 4 nitrogen and oxygen atoms in total. The third-order valence-corrected chi connectivity index (χ3v) is 3.72. The van der Waals surface area contributed by atoms with Gasteiger partial charge in [-0.3, -0.25) is 0 Å². The standard InChI is InChI=1S/C13H22O4/c1-7(2)8(3)10-5-9(13(16)17-4)6-11(14)12(10)15/h5,7-8,10-12,14-15H,6H2,1-4H3. The molecule has 0 amide bonds. The first-order valence-corrected chi connectivity index (χ1v) is 6.03. The van der Waals surface area contributed by atoms with E-state index in [9.17, 15) is 15.0 Å². The fourth-order valence-corrected chi connectivity index (χ4v) is 2.19. The van der Waals surface area contributed by atoms with Crippen molar-refractivity contribution < 1.29 is 19.7 Å². The number of ether oxygens (including phenoxy) is 1. The van der Waals surface area contributed by atoms with Crippen LogP contribution in [0.15, 0.2) is 11.6 Å². The molecule has 0 aliphatic heterocycles. The smallest absolute Gasteiger partial charge is 0.333 e. The van der Waals surface area contributed by atoms with Gasteiger partial charge in [0.1, 0.15) is 0 Å². The summed E-state index contributed by atoms with van der Waals surface area (Å²) in [7, 11) is 1.32. The summed E-state index contributed by atoms with van der Waals surface area (Å²) in [6, 6.07) is 0. The minimum Gasteiger partial charge on any atom is -0.466 e. The second-order valence-corrected chi connectivity index (χ2v) is 5.13. The lowest BCUT2D eigenvalue weighted by Gasteiger charge is -2.35. The molecule has 0 aromatic heterocycles. The molecule has 0 fully saturated rings. The second kappa shape index (κ2) is 5.65. The van der Waals surface area contributed by atoms with E-state index in [4.69, 9.17) is 0 Å². The summed E-state index contributed by atoms with van der Waals surface area (Å²) in [6.07, 6.45) is 0.226. The maximum Gasteiger partial charge on any atom is 0.333 e.